The Labute approximate surface area is 421 Å². The summed E-state index contributed by atoms with van der Waals surface area (Å²) in [5.74, 6) is 0.568. The van der Waals surface area contributed by atoms with Crippen LogP contribution in [0.3, 0.4) is 0 Å². The van der Waals surface area contributed by atoms with Crippen molar-refractivity contribution in [1.29, 1.82) is 0 Å². The van der Waals surface area contributed by atoms with Crippen LogP contribution in [0.2, 0.25) is 0 Å². The lowest BCUT2D eigenvalue weighted by Gasteiger charge is -2.27. The van der Waals surface area contributed by atoms with E-state index in [0.717, 1.165) is 66.9 Å². The van der Waals surface area contributed by atoms with Gasteiger partial charge in [-0.3, -0.25) is 9.55 Å². The van der Waals surface area contributed by atoms with E-state index in [-0.39, 0.29) is 27.6 Å². The Balaban J connectivity index is 1.35. The van der Waals surface area contributed by atoms with Gasteiger partial charge in [0.25, 0.3) is 0 Å². The van der Waals surface area contributed by atoms with Crippen molar-refractivity contribution in [3.8, 4) is 78.6 Å². The number of nitrogens with zero attached hydrogens (tertiary/aromatic N) is 3. The first-order valence-electron chi connectivity index (χ1n) is 26.1. The second-order valence-electron chi connectivity index (χ2n) is 23.4. The fraction of sp³-hybridized carbons (Fsp3) is 0.273. The lowest BCUT2D eigenvalue weighted by Crippen LogP contribution is -2.17. The number of aromatic nitrogens is 3. The number of imidazole rings is 1. The van der Waals surface area contributed by atoms with Crippen molar-refractivity contribution in [3.63, 3.8) is 0 Å². The van der Waals surface area contributed by atoms with Crippen LogP contribution in [0.4, 0.5) is 0 Å². The third-order valence-corrected chi connectivity index (χ3v) is 13.7. The quantitative estimate of drug-likeness (QED) is 0.173. The number of benzene rings is 7. The predicted molar refractivity (Wildman–Crippen MR) is 297 cm³/mol. The van der Waals surface area contributed by atoms with Crippen molar-refractivity contribution in [2.45, 2.75) is 119 Å². The molecule has 0 atom stereocenters. The number of para-hydroxylation sites is 1. The van der Waals surface area contributed by atoms with Gasteiger partial charge in [-0.2, -0.15) is 0 Å². The highest BCUT2D eigenvalue weighted by Crippen LogP contribution is 2.46. The Bertz CT molecular complexity index is 3500. The first-order chi connectivity index (χ1) is 34.1. The molecule has 0 unspecified atom stereocenters. The molecule has 0 saturated heterocycles. The molecular formula is C66H69N3O. The average molecular weight is 923 g/mol. The zero-order valence-corrected chi connectivity index (χ0v) is 43.3. The number of fused-ring (bicyclic) bond motifs is 1. The fourth-order valence-electron chi connectivity index (χ4n) is 9.38. The normalized spacial score (nSPS) is 13.3. The van der Waals surface area contributed by atoms with Gasteiger partial charge in [-0.05, 0) is 151 Å². The fourth-order valence-corrected chi connectivity index (χ4v) is 9.38. The molecular weight excluding hydrogens is 851 g/mol. The maximum absolute atomic E-state index is 12.6. The first-order valence-corrected chi connectivity index (χ1v) is 24.6. The Morgan fingerprint density at radius 3 is 1.70 bits per heavy atom. The summed E-state index contributed by atoms with van der Waals surface area (Å²) in [5, 5.41) is 12.6. The number of pyridine rings is 1. The maximum atomic E-state index is 12.6. The van der Waals surface area contributed by atoms with Crippen molar-refractivity contribution in [2.75, 3.05) is 0 Å². The Kier molecular flexibility index (Phi) is 11.2. The van der Waals surface area contributed by atoms with Gasteiger partial charge in [-0.25, -0.2) is 4.98 Å². The number of hydrogen-bond donors (Lipinski definition) is 1. The zero-order valence-electron chi connectivity index (χ0n) is 46.3. The lowest BCUT2D eigenvalue weighted by atomic mass is 9.78. The van der Waals surface area contributed by atoms with E-state index in [1.807, 2.05) is 59.3 Å². The van der Waals surface area contributed by atoms with Gasteiger partial charge < -0.3 is 5.11 Å². The summed E-state index contributed by atoms with van der Waals surface area (Å²) in [6, 6.07) is 52.5. The van der Waals surface area contributed by atoms with Crippen molar-refractivity contribution >= 4 is 11.0 Å². The van der Waals surface area contributed by atoms with E-state index in [9.17, 15) is 9.22 Å². The number of aryl methyl sites for hydroxylation is 2. The van der Waals surface area contributed by atoms with E-state index in [4.69, 9.17) is 9.97 Å². The van der Waals surface area contributed by atoms with Crippen LogP contribution >= 0.6 is 0 Å². The van der Waals surface area contributed by atoms with Crippen LogP contribution in [0, 0.1) is 13.8 Å². The average Bonchev–Trinajstić information content (AvgIpc) is 3.72. The number of rotatable bonds is 7. The molecule has 9 rings (SSSR count). The van der Waals surface area contributed by atoms with Gasteiger partial charge in [-0.15, -0.1) is 0 Å². The van der Waals surface area contributed by atoms with Gasteiger partial charge in [-0.1, -0.05) is 186 Å². The molecule has 7 aromatic carbocycles. The van der Waals surface area contributed by atoms with Crippen molar-refractivity contribution in [1.82, 2.24) is 14.5 Å². The van der Waals surface area contributed by atoms with Crippen molar-refractivity contribution in [2.24, 2.45) is 0 Å². The molecule has 0 bridgehead atoms. The van der Waals surface area contributed by atoms with Crippen LogP contribution in [0.15, 0.2) is 158 Å². The van der Waals surface area contributed by atoms with Crippen LogP contribution in [-0.2, 0) is 21.7 Å². The molecule has 0 aliphatic heterocycles. The van der Waals surface area contributed by atoms with Crippen LogP contribution < -0.4 is 0 Å². The molecule has 9 aromatic rings. The molecule has 0 saturated carbocycles. The minimum absolute atomic E-state index is 0.118. The molecule has 0 aliphatic carbocycles. The molecule has 0 spiro atoms. The third kappa shape index (κ3) is 9.49. The molecule has 354 valence electrons. The zero-order chi connectivity index (χ0) is 52.6. The van der Waals surface area contributed by atoms with Gasteiger partial charge in [0.05, 0.1) is 28.0 Å². The summed E-state index contributed by atoms with van der Waals surface area (Å²) in [6.07, 6.45) is 1.87. The summed E-state index contributed by atoms with van der Waals surface area (Å²) >= 11 is 0. The molecule has 0 amide bonds. The lowest BCUT2D eigenvalue weighted by molar-refractivity contribution is 0.446. The minimum atomic E-state index is -2.53. The predicted octanol–water partition coefficient (Wildman–Crippen LogP) is 17.9. The Morgan fingerprint density at radius 2 is 1.06 bits per heavy atom. The van der Waals surface area contributed by atoms with E-state index in [1.165, 1.54) is 16.7 Å². The van der Waals surface area contributed by atoms with Crippen molar-refractivity contribution < 1.29 is 9.22 Å². The molecule has 0 aliphatic rings. The highest BCUT2D eigenvalue weighted by Gasteiger charge is 2.29. The van der Waals surface area contributed by atoms with E-state index in [2.05, 4.69) is 193 Å². The molecule has 2 aromatic heterocycles. The largest absolute Gasteiger partial charge is 0.507 e. The highest BCUT2D eigenvalue weighted by atomic mass is 16.3. The molecule has 0 fully saturated rings. The Morgan fingerprint density at radius 1 is 0.471 bits per heavy atom. The van der Waals surface area contributed by atoms with Crippen molar-refractivity contribution in [3.05, 3.63) is 191 Å². The van der Waals surface area contributed by atoms with E-state index < -0.39 is 12.3 Å². The molecule has 2 heterocycles. The second kappa shape index (κ2) is 17.7. The number of phenolic OH excluding ortho intramolecular Hbond substituents is 1. The summed E-state index contributed by atoms with van der Waals surface area (Å²) in [5.41, 5.74) is 16.5. The first kappa shape index (κ1) is 44.2. The summed E-state index contributed by atoms with van der Waals surface area (Å²) in [6.45, 7) is 25.7. The molecule has 4 heteroatoms. The smallest absolute Gasteiger partial charge is 0.149 e. The SMILES string of the molecule is [2H]C([2H])([2H])c1cc(-c2cc(C(C)(C)C)cc(C(C)(C)C)c2)ccc1-n1c(-c2cc(C(C)(C)C)cc(C(C)(C)C)c2O)nc2c(-c3cc(-c4ccccc4)cc(-c4cc(-c5ccc(C)cc5)ccn4)c3)cccc21. The van der Waals surface area contributed by atoms with E-state index in [0.29, 0.717) is 28.1 Å². The van der Waals surface area contributed by atoms with E-state index in [1.54, 1.807) is 0 Å². The van der Waals surface area contributed by atoms with Gasteiger partial charge >= 0.3 is 0 Å². The molecule has 0 radical (unpaired) electrons. The molecule has 70 heavy (non-hydrogen) atoms. The standard InChI is InChI=1S/C66H69N3O/c1-41-23-25-44(26-24-41)46-29-30-67-57(37-46)50-33-47(43-19-16-15-17-20-43)32-49(34-50)54-21-18-22-59-60(54)68-62(55-39-53(65(9,10)11)40-56(61(55)70)66(12,13)14)69(59)58-28-27-45(31-42(58)2)48-35-51(63(3,4)5)38-52(36-48)64(6,7)8/h15-40,70H,1-14H3/i2D3. The minimum Gasteiger partial charge on any atom is -0.507 e. The molecule has 4 nitrogen and oxygen atoms in total. The van der Waals surface area contributed by atoms with Gasteiger partial charge in [0.2, 0.25) is 0 Å². The van der Waals surface area contributed by atoms with Gasteiger partial charge in [0, 0.05) is 27.0 Å². The van der Waals surface area contributed by atoms with Crippen LogP contribution in [0.1, 0.15) is 121 Å². The van der Waals surface area contributed by atoms with Gasteiger partial charge in [0.1, 0.15) is 11.6 Å². The third-order valence-electron chi connectivity index (χ3n) is 13.7. The summed E-state index contributed by atoms with van der Waals surface area (Å²) in [7, 11) is 0. The van der Waals surface area contributed by atoms with Crippen LogP contribution in [0.25, 0.3) is 83.9 Å². The summed E-state index contributed by atoms with van der Waals surface area (Å²) < 4.78 is 29.7. The number of phenols is 1. The summed E-state index contributed by atoms with van der Waals surface area (Å²) in [4.78, 5) is 10.5. The molecule has 1 N–H and O–H groups in total. The number of hydrogen-bond acceptors (Lipinski definition) is 3. The van der Waals surface area contributed by atoms with Crippen LogP contribution in [0.5, 0.6) is 5.75 Å². The Hall–Kier alpha value is -7.04. The van der Waals surface area contributed by atoms with Gasteiger partial charge in [0.15, 0.2) is 0 Å². The number of aromatic hydroxyl groups is 1. The topological polar surface area (TPSA) is 50.9 Å². The highest BCUT2D eigenvalue weighted by molar-refractivity contribution is 5.98. The maximum Gasteiger partial charge on any atom is 0.149 e. The monoisotopic (exact) mass is 923 g/mol. The van der Waals surface area contributed by atoms with E-state index >= 15 is 0 Å². The van der Waals surface area contributed by atoms with Crippen LogP contribution in [-0.4, -0.2) is 19.6 Å². The second-order valence-corrected chi connectivity index (χ2v) is 23.4.